The maximum absolute atomic E-state index is 13.8. The van der Waals surface area contributed by atoms with Crippen molar-refractivity contribution in [3.05, 3.63) is 82.8 Å². The Kier molecular flexibility index (Phi) is 6.18. The van der Waals surface area contributed by atoms with Crippen molar-refractivity contribution in [2.24, 2.45) is 0 Å². The molecular formula is C24H20ClFN4O2. The molecule has 1 aromatic heterocycles. The van der Waals surface area contributed by atoms with Gasteiger partial charge in [-0.25, -0.2) is 14.2 Å². The van der Waals surface area contributed by atoms with E-state index >= 15 is 0 Å². The van der Waals surface area contributed by atoms with Crippen LogP contribution in [-0.2, 0) is 6.42 Å². The number of aryl methyl sites for hydroxylation is 2. The fourth-order valence-electron chi connectivity index (χ4n) is 3.13. The monoisotopic (exact) mass is 450 g/mol. The van der Waals surface area contributed by atoms with E-state index in [4.69, 9.17) is 16.3 Å². The third-order valence-electron chi connectivity index (χ3n) is 4.84. The van der Waals surface area contributed by atoms with Gasteiger partial charge >= 0.3 is 12.0 Å². The van der Waals surface area contributed by atoms with Crippen LogP contribution in [0.5, 0.6) is 11.8 Å². The van der Waals surface area contributed by atoms with Crippen LogP contribution in [0.2, 0.25) is 5.02 Å². The Bertz CT molecular complexity index is 1300. The predicted octanol–water partition coefficient (Wildman–Crippen LogP) is 6.73. The summed E-state index contributed by atoms with van der Waals surface area (Å²) in [7, 11) is 0. The minimum atomic E-state index is -0.377. The number of carbonyl (C=O) groups excluding carboxylic acids is 1. The molecule has 6 nitrogen and oxygen atoms in total. The van der Waals surface area contributed by atoms with Gasteiger partial charge in [0.25, 0.3) is 0 Å². The molecule has 0 aliphatic rings. The van der Waals surface area contributed by atoms with Gasteiger partial charge in [-0.2, -0.15) is 4.98 Å². The highest BCUT2D eigenvalue weighted by atomic mass is 35.5. The van der Waals surface area contributed by atoms with Crippen molar-refractivity contribution in [1.82, 2.24) is 9.97 Å². The van der Waals surface area contributed by atoms with E-state index in [-0.39, 0.29) is 17.9 Å². The lowest BCUT2D eigenvalue weighted by molar-refractivity contribution is 0.262. The molecule has 0 bridgehead atoms. The summed E-state index contributed by atoms with van der Waals surface area (Å²) < 4.78 is 19.5. The van der Waals surface area contributed by atoms with Crippen molar-refractivity contribution in [2.45, 2.75) is 20.3 Å². The van der Waals surface area contributed by atoms with Gasteiger partial charge in [0.1, 0.15) is 11.6 Å². The highest BCUT2D eigenvalue weighted by Crippen LogP contribution is 2.24. The quantitative estimate of drug-likeness (QED) is 0.353. The van der Waals surface area contributed by atoms with Crippen molar-refractivity contribution >= 4 is 39.9 Å². The number of rotatable bonds is 5. The van der Waals surface area contributed by atoms with Gasteiger partial charge < -0.3 is 15.4 Å². The molecule has 0 aliphatic carbocycles. The molecule has 0 saturated heterocycles. The van der Waals surface area contributed by atoms with E-state index in [1.807, 2.05) is 13.0 Å². The molecule has 4 aromatic rings. The molecule has 0 saturated carbocycles. The van der Waals surface area contributed by atoms with Gasteiger partial charge in [-0.15, -0.1) is 0 Å². The molecule has 0 radical (unpaired) electrons. The van der Waals surface area contributed by atoms with Crippen molar-refractivity contribution in [3.63, 3.8) is 0 Å². The van der Waals surface area contributed by atoms with Gasteiger partial charge in [0.05, 0.1) is 5.52 Å². The zero-order valence-electron chi connectivity index (χ0n) is 17.4. The Morgan fingerprint density at radius 2 is 1.78 bits per heavy atom. The molecule has 0 spiro atoms. The van der Waals surface area contributed by atoms with E-state index < -0.39 is 0 Å². The summed E-state index contributed by atoms with van der Waals surface area (Å²) in [5.41, 5.74) is 3.19. The Labute approximate surface area is 189 Å². The highest BCUT2D eigenvalue weighted by Gasteiger charge is 2.08. The largest absolute Gasteiger partial charge is 0.424 e. The fraction of sp³-hybridized carbons (Fsp3) is 0.125. The van der Waals surface area contributed by atoms with Gasteiger partial charge in [-0.05, 0) is 73.0 Å². The minimum absolute atomic E-state index is 0.105. The summed E-state index contributed by atoms with van der Waals surface area (Å²) in [6.45, 7) is 3.68. The minimum Gasteiger partial charge on any atom is -0.424 e. The summed E-state index contributed by atoms with van der Waals surface area (Å²) in [5, 5.41) is 6.94. The smallest absolute Gasteiger partial charge is 0.323 e. The standard InChI is InChI=1S/C24H20ClFN4O2/c1-3-15-11-18(6-9-20(15)25)29-23(31)28-17-4-7-19(8-5-17)32-24-27-13-16-10-14(2)21(26)12-22(16)30-24/h4-13H,3H2,1-2H3,(H2,28,29,31). The number of ether oxygens (including phenoxy) is 1. The fourth-order valence-corrected chi connectivity index (χ4v) is 3.38. The number of carbonyl (C=O) groups is 1. The molecule has 0 unspecified atom stereocenters. The Balaban J connectivity index is 1.40. The number of nitrogens with zero attached hydrogens (tertiary/aromatic N) is 2. The highest BCUT2D eigenvalue weighted by molar-refractivity contribution is 6.31. The number of halogens is 2. The van der Waals surface area contributed by atoms with Crippen molar-refractivity contribution in [2.75, 3.05) is 10.6 Å². The number of anilines is 2. The van der Waals surface area contributed by atoms with Crippen LogP contribution in [0, 0.1) is 12.7 Å². The van der Waals surface area contributed by atoms with E-state index in [0.29, 0.717) is 33.2 Å². The normalized spacial score (nSPS) is 10.8. The van der Waals surface area contributed by atoms with E-state index in [9.17, 15) is 9.18 Å². The number of benzene rings is 3. The summed E-state index contributed by atoms with van der Waals surface area (Å²) in [5.74, 6) is 0.147. The number of fused-ring (bicyclic) bond motifs is 1. The van der Waals surface area contributed by atoms with Crippen LogP contribution in [0.15, 0.2) is 60.8 Å². The SMILES string of the molecule is CCc1cc(NC(=O)Nc2ccc(Oc3ncc4cc(C)c(F)cc4n3)cc2)ccc1Cl. The third-order valence-corrected chi connectivity index (χ3v) is 5.21. The molecule has 1 heterocycles. The van der Waals surface area contributed by atoms with E-state index in [2.05, 4.69) is 20.6 Å². The lowest BCUT2D eigenvalue weighted by Gasteiger charge is -2.10. The first-order chi connectivity index (χ1) is 15.4. The van der Waals surface area contributed by atoms with Gasteiger partial charge in [0.2, 0.25) is 0 Å². The first-order valence-electron chi connectivity index (χ1n) is 9.98. The van der Waals surface area contributed by atoms with Gasteiger partial charge in [-0.1, -0.05) is 18.5 Å². The number of amides is 2. The van der Waals surface area contributed by atoms with E-state index in [0.717, 1.165) is 17.4 Å². The summed E-state index contributed by atoms with van der Waals surface area (Å²) in [6.07, 6.45) is 2.36. The number of hydrogen-bond acceptors (Lipinski definition) is 4. The second-order valence-electron chi connectivity index (χ2n) is 7.18. The second-order valence-corrected chi connectivity index (χ2v) is 7.59. The van der Waals surface area contributed by atoms with Crippen LogP contribution >= 0.6 is 11.6 Å². The van der Waals surface area contributed by atoms with Crippen LogP contribution in [-0.4, -0.2) is 16.0 Å². The number of aromatic nitrogens is 2. The molecule has 2 amide bonds. The molecule has 8 heteroatoms. The lowest BCUT2D eigenvalue weighted by atomic mass is 10.1. The van der Waals surface area contributed by atoms with Gasteiger partial charge in [0.15, 0.2) is 0 Å². The van der Waals surface area contributed by atoms with Crippen molar-refractivity contribution < 1.29 is 13.9 Å². The maximum atomic E-state index is 13.8. The molecule has 3 aromatic carbocycles. The Morgan fingerprint density at radius 1 is 1.06 bits per heavy atom. The molecule has 0 fully saturated rings. The molecule has 0 aliphatic heterocycles. The predicted molar refractivity (Wildman–Crippen MR) is 124 cm³/mol. The topological polar surface area (TPSA) is 76.1 Å². The average Bonchev–Trinajstić information content (AvgIpc) is 2.77. The number of urea groups is 1. The first-order valence-corrected chi connectivity index (χ1v) is 10.4. The van der Waals surface area contributed by atoms with Crippen LogP contribution in [0.25, 0.3) is 10.9 Å². The number of nitrogens with one attached hydrogen (secondary N) is 2. The van der Waals surface area contributed by atoms with Crippen molar-refractivity contribution in [1.29, 1.82) is 0 Å². The van der Waals surface area contributed by atoms with Crippen LogP contribution in [0.1, 0.15) is 18.1 Å². The van der Waals surface area contributed by atoms with E-state index in [1.165, 1.54) is 6.07 Å². The van der Waals surface area contributed by atoms with E-state index in [1.54, 1.807) is 55.6 Å². The molecular weight excluding hydrogens is 431 g/mol. The summed E-state index contributed by atoms with van der Waals surface area (Å²) >= 11 is 6.11. The van der Waals surface area contributed by atoms with Crippen LogP contribution in [0.3, 0.4) is 0 Å². The van der Waals surface area contributed by atoms with Crippen molar-refractivity contribution in [3.8, 4) is 11.8 Å². The van der Waals surface area contributed by atoms with Gasteiger partial charge in [-0.3, -0.25) is 0 Å². The molecule has 162 valence electrons. The molecule has 2 N–H and O–H groups in total. The first kappa shape index (κ1) is 21.5. The summed E-state index contributed by atoms with van der Waals surface area (Å²) in [4.78, 5) is 20.7. The maximum Gasteiger partial charge on any atom is 0.323 e. The summed E-state index contributed by atoms with van der Waals surface area (Å²) in [6, 6.07) is 14.9. The van der Waals surface area contributed by atoms with Gasteiger partial charge in [0, 0.05) is 34.0 Å². The van der Waals surface area contributed by atoms with Crippen LogP contribution < -0.4 is 15.4 Å². The Morgan fingerprint density at radius 3 is 2.53 bits per heavy atom. The molecule has 4 rings (SSSR count). The average molecular weight is 451 g/mol. The zero-order chi connectivity index (χ0) is 22.7. The molecule has 32 heavy (non-hydrogen) atoms. The molecule has 0 atom stereocenters. The Hall–Kier alpha value is -3.71. The van der Waals surface area contributed by atoms with Crippen LogP contribution in [0.4, 0.5) is 20.6 Å². The second kappa shape index (κ2) is 9.20. The third kappa shape index (κ3) is 4.95. The number of hydrogen-bond donors (Lipinski definition) is 2. The zero-order valence-corrected chi connectivity index (χ0v) is 18.2. The lowest BCUT2D eigenvalue weighted by Crippen LogP contribution is -2.19.